The SMILES string of the molecule is CC.COc1cccc2c1C(C)CC2. The average Bonchev–Trinajstić information content (AvgIpc) is 2.64. The minimum absolute atomic E-state index is 0.677. The maximum absolute atomic E-state index is 5.33. The van der Waals surface area contributed by atoms with Gasteiger partial charge in [-0.2, -0.15) is 0 Å². The predicted octanol–water partition coefficient (Wildman–Crippen LogP) is 3.77. The number of aryl methyl sites for hydroxylation is 1. The van der Waals surface area contributed by atoms with Gasteiger partial charge < -0.3 is 4.74 Å². The zero-order valence-electron chi connectivity index (χ0n) is 9.63. The summed E-state index contributed by atoms with van der Waals surface area (Å²) < 4.78 is 5.33. The second kappa shape index (κ2) is 5.04. The molecule has 1 atom stereocenters. The van der Waals surface area contributed by atoms with Crippen LogP contribution in [0.1, 0.15) is 44.2 Å². The molecule has 1 aromatic carbocycles. The number of rotatable bonds is 1. The standard InChI is InChI=1S/C11H14O.C2H6/c1-8-6-7-9-4-3-5-10(12-2)11(8)9;1-2/h3-5,8H,6-7H2,1-2H3;1-2H3. The molecular formula is C13H20O. The Morgan fingerprint density at radius 2 is 2.00 bits per heavy atom. The highest BCUT2D eigenvalue weighted by atomic mass is 16.5. The Labute approximate surface area is 87.1 Å². The third-order valence-electron chi connectivity index (χ3n) is 2.72. The van der Waals surface area contributed by atoms with Crippen molar-refractivity contribution < 1.29 is 4.74 Å². The largest absolute Gasteiger partial charge is 0.496 e. The monoisotopic (exact) mass is 192 g/mol. The molecule has 0 radical (unpaired) electrons. The van der Waals surface area contributed by atoms with Crippen molar-refractivity contribution >= 4 is 0 Å². The van der Waals surface area contributed by atoms with Crippen molar-refractivity contribution in [1.29, 1.82) is 0 Å². The van der Waals surface area contributed by atoms with Crippen LogP contribution in [-0.4, -0.2) is 7.11 Å². The van der Waals surface area contributed by atoms with Crippen molar-refractivity contribution in [1.82, 2.24) is 0 Å². The van der Waals surface area contributed by atoms with E-state index in [-0.39, 0.29) is 0 Å². The second-order valence-corrected chi connectivity index (χ2v) is 3.47. The van der Waals surface area contributed by atoms with E-state index in [9.17, 15) is 0 Å². The number of fused-ring (bicyclic) bond motifs is 1. The first kappa shape index (κ1) is 11.1. The summed E-state index contributed by atoms with van der Waals surface area (Å²) in [7, 11) is 1.75. The van der Waals surface area contributed by atoms with Crippen molar-refractivity contribution in [2.75, 3.05) is 7.11 Å². The van der Waals surface area contributed by atoms with Gasteiger partial charge in [0.25, 0.3) is 0 Å². The van der Waals surface area contributed by atoms with Gasteiger partial charge in [-0.05, 0) is 30.4 Å². The average molecular weight is 192 g/mol. The molecule has 0 saturated carbocycles. The Balaban J connectivity index is 0.000000461. The van der Waals surface area contributed by atoms with Crippen LogP contribution in [-0.2, 0) is 6.42 Å². The summed E-state index contributed by atoms with van der Waals surface area (Å²) in [6, 6.07) is 6.34. The highest BCUT2D eigenvalue weighted by molar-refractivity contribution is 5.45. The molecule has 1 unspecified atom stereocenters. The van der Waals surface area contributed by atoms with Crippen molar-refractivity contribution in [3.8, 4) is 5.75 Å². The maximum atomic E-state index is 5.33. The molecule has 0 spiro atoms. The van der Waals surface area contributed by atoms with Crippen LogP contribution in [0.2, 0.25) is 0 Å². The van der Waals surface area contributed by atoms with E-state index in [1.54, 1.807) is 7.11 Å². The molecule has 1 heteroatoms. The molecule has 1 nitrogen and oxygen atoms in total. The highest BCUT2D eigenvalue weighted by Gasteiger charge is 2.21. The number of methoxy groups -OCH3 is 1. The van der Waals surface area contributed by atoms with E-state index in [1.165, 1.54) is 24.0 Å². The van der Waals surface area contributed by atoms with Crippen LogP contribution in [0.25, 0.3) is 0 Å². The molecule has 0 amide bonds. The van der Waals surface area contributed by atoms with Gasteiger partial charge in [0.15, 0.2) is 0 Å². The highest BCUT2D eigenvalue weighted by Crippen LogP contribution is 2.38. The molecule has 1 aliphatic carbocycles. The fourth-order valence-electron chi connectivity index (χ4n) is 2.06. The van der Waals surface area contributed by atoms with E-state index < -0.39 is 0 Å². The van der Waals surface area contributed by atoms with Crippen LogP contribution in [0.5, 0.6) is 5.75 Å². The number of hydrogen-bond acceptors (Lipinski definition) is 1. The maximum Gasteiger partial charge on any atom is 0.122 e. The zero-order chi connectivity index (χ0) is 10.6. The molecule has 0 aromatic heterocycles. The predicted molar refractivity (Wildman–Crippen MR) is 61.1 cm³/mol. The van der Waals surface area contributed by atoms with E-state index in [1.807, 2.05) is 13.8 Å². The Morgan fingerprint density at radius 3 is 2.64 bits per heavy atom. The lowest BCUT2D eigenvalue weighted by Gasteiger charge is -2.09. The Morgan fingerprint density at radius 1 is 1.29 bits per heavy atom. The molecule has 0 N–H and O–H groups in total. The number of hydrogen-bond donors (Lipinski definition) is 0. The fourth-order valence-corrected chi connectivity index (χ4v) is 2.06. The summed E-state index contributed by atoms with van der Waals surface area (Å²) in [6.45, 7) is 6.27. The van der Waals surface area contributed by atoms with Gasteiger partial charge in [-0.15, -0.1) is 0 Å². The van der Waals surface area contributed by atoms with Crippen molar-refractivity contribution in [2.24, 2.45) is 0 Å². The summed E-state index contributed by atoms with van der Waals surface area (Å²) >= 11 is 0. The molecule has 14 heavy (non-hydrogen) atoms. The summed E-state index contributed by atoms with van der Waals surface area (Å²) in [5, 5.41) is 0. The normalized spacial score (nSPS) is 18.1. The fraction of sp³-hybridized carbons (Fsp3) is 0.538. The second-order valence-electron chi connectivity index (χ2n) is 3.47. The van der Waals surface area contributed by atoms with Crippen LogP contribution in [0, 0.1) is 0 Å². The lowest BCUT2D eigenvalue weighted by atomic mass is 10.0. The molecule has 1 aromatic rings. The quantitative estimate of drug-likeness (QED) is 0.658. The van der Waals surface area contributed by atoms with Gasteiger partial charge in [0.05, 0.1) is 7.11 Å². The molecule has 0 aliphatic heterocycles. The van der Waals surface area contributed by atoms with Crippen LogP contribution in [0.4, 0.5) is 0 Å². The van der Waals surface area contributed by atoms with Gasteiger partial charge in [0.1, 0.15) is 5.75 Å². The number of ether oxygens (including phenoxy) is 1. The van der Waals surface area contributed by atoms with Gasteiger partial charge in [-0.25, -0.2) is 0 Å². The van der Waals surface area contributed by atoms with Gasteiger partial charge in [0, 0.05) is 5.56 Å². The number of benzene rings is 1. The van der Waals surface area contributed by atoms with Gasteiger partial charge in [-0.3, -0.25) is 0 Å². The van der Waals surface area contributed by atoms with E-state index in [0.717, 1.165) is 5.75 Å². The first-order chi connectivity index (χ1) is 6.83. The Bertz CT molecular complexity index is 291. The van der Waals surface area contributed by atoms with Gasteiger partial charge in [-0.1, -0.05) is 32.9 Å². The van der Waals surface area contributed by atoms with E-state index in [0.29, 0.717) is 5.92 Å². The zero-order valence-corrected chi connectivity index (χ0v) is 9.63. The minimum atomic E-state index is 0.677. The smallest absolute Gasteiger partial charge is 0.122 e. The topological polar surface area (TPSA) is 9.23 Å². The molecule has 0 heterocycles. The molecule has 0 saturated heterocycles. The molecular weight excluding hydrogens is 172 g/mol. The third kappa shape index (κ3) is 1.92. The first-order valence-electron chi connectivity index (χ1n) is 5.48. The van der Waals surface area contributed by atoms with Crippen LogP contribution >= 0.6 is 0 Å². The van der Waals surface area contributed by atoms with E-state index in [2.05, 4.69) is 25.1 Å². The van der Waals surface area contributed by atoms with Crippen LogP contribution < -0.4 is 4.74 Å². The van der Waals surface area contributed by atoms with E-state index in [4.69, 9.17) is 4.74 Å². The Hall–Kier alpha value is -0.980. The summed E-state index contributed by atoms with van der Waals surface area (Å²) in [5.74, 6) is 1.74. The summed E-state index contributed by atoms with van der Waals surface area (Å²) in [4.78, 5) is 0. The van der Waals surface area contributed by atoms with Gasteiger partial charge >= 0.3 is 0 Å². The summed E-state index contributed by atoms with van der Waals surface area (Å²) in [5.41, 5.74) is 2.90. The van der Waals surface area contributed by atoms with Gasteiger partial charge in [0.2, 0.25) is 0 Å². The molecule has 2 rings (SSSR count). The Kier molecular flexibility index (Phi) is 3.99. The lowest BCUT2D eigenvalue weighted by molar-refractivity contribution is 0.407. The van der Waals surface area contributed by atoms with Crippen molar-refractivity contribution in [3.05, 3.63) is 29.3 Å². The molecule has 0 bridgehead atoms. The first-order valence-corrected chi connectivity index (χ1v) is 5.48. The molecule has 1 aliphatic rings. The molecule has 78 valence electrons. The third-order valence-corrected chi connectivity index (χ3v) is 2.72. The molecule has 0 fully saturated rings. The van der Waals surface area contributed by atoms with Crippen molar-refractivity contribution in [3.63, 3.8) is 0 Å². The summed E-state index contributed by atoms with van der Waals surface area (Å²) in [6.07, 6.45) is 2.49. The van der Waals surface area contributed by atoms with E-state index >= 15 is 0 Å². The lowest BCUT2D eigenvalue weighted by Crippen LogP contribution is -1.93. The van der Waals surface area contributed by atoms with Crippen molar-refractivity contribution in [2.45, 2.75) is 39.5 Å². The minimum Gasteiger partial charge on any atom is -0.496 e. The van der Waals surface area contributed by atoms with Crippen LogP contribution in [0.3, 0.4) is 0 Å². The van der Waals surface area contributed by atoms with Crippen LogP contribution in [0.15, 0.2) is 18.2 Å².